The van der Waals surface area contributed by atoms with E-state index in [0.717, 1.165) is 19.3 Å². The average Bonchev–Trinajstić information content (AvgIpc) is 2.63. The van der Waals surface area contributed by atoms with Crippen molar-refractivity contribution in [2.24, 2.45) is 0 Å². The van der Waals surface area contributed by atoms with Gasteiger partial charge in [0.05, 0.1) is 0 Å². The molecule has 0 bridgehead atoms. The molecule has 0 aliphatic carbocycles. The first-order valence-electron chi connectivity index (χ1n) is 7.36. The third kappa shape index (κ3) is 3.21. The lowest BCUT2D eigenvalue weighted by atomic mass is 9.91. The summed E-state index contributed by atoms with van der Waals surface area (Å²) >= 11 is 0. The van der Waals surface area contributed by atoms with Crippen molar-refractivity contribution in [2.75, 3.05) is 32.8 Å². The quantitative estimate of drug-likeness (QED) is 0.817. The van der Waals surface area contributed by atoms with E-state index in [1.807, 2.05) is 0 Å². The van der Waals surface area contributed by atoms with Gasteiger partial charge in [-0.2, -0.15) is 0 Å². The van der Waals surface area contributed by atoms with Gasteiger partial charge in [0.15, 0.2) is 0 Å². The Bertz CT molecular complexity index is 222. The highest BCUT2D eigenvalue weighted by atomic mass is 16.5. The van der Waals surface area contributed by atoms with Gasteiger partial charge in [0, 0.05) is 31.3 Å². The molecule has 0 unspecified atom stereocenters. The van der Waals surface area contributed by atoms with Crippen LogP contribution in [0.4, 0.5) is 0 Å². The smallest absolute Gasteiger partial charge is 0.0480 e. The van der Waals surface area contributed by atoms with E-state index in [1.54, 1.807) is 0 Å². The second kappa shape index (κ2) is 6.17. The molecule has 3 nitrogen and oxygen atoms in total. The van der Waals surface area contributed by atoms with Gasteiger partial charge in [0.1, 0.15) is 0 Å². The SMILES string of the molecule is CCC1(CC)CN(C2CCOCC2)CCCN1. The second-order valence-electron chi connectivity index (χ2n) is 5.58. The molecular weight excluding hydrogens is 212 g/mol. The maximum atomic E-state index is 5.48. The molecule has 100 valence electrons. The number of nitrogens with zero attached hydrogens (tertiary/aromatic N) is 1. The summed E-state index contributed by atoms with van der Waals surface area (Å²) in [4.78, 5) is 2.73. The largest absolute Gasteiger partial charge is 0.381 e. The van der Waals surface area contributed by atoms with E-state index in [4.69, 9.17) is 4.74 Å². The molecule has 2 rings (SSSR count). The van der Waals surface area contributed by atoms with E-state index in [0.29, 0.717) is 5.54 Å². The minimum atomic E-state index is 0.356. The minimum absolute atomic E-state index is 0.356. The van der Waals surface area contributed by atoms with Gasteiger partial charge >= 0.3 is 0 Å². The molecule has 0 radical (unpaired) electrons. The lowest BCUT2D eigenvalue weighted by molar-refractivity contribution is 0.0265. The molecule has 2 heterocycles. The van der Waals surface area contributed by atoms with Crippen LogP contribution in [0.15, 0.2) is 0 Å². The maximum absolute atomic E-state index is 5.48. The van der Waals surface area contributed by atoms with Gasteiger partial charge in [-0.3, -0.25) is 4.90 Å². The van der Waals surface area contributed by atoms with Crippen molar-refractivity contribution in [1.29, 1.82) is 0 Å². The molecule has 0 aromatic carbocycles. The van der Waals surface area contributed by atoms with Crippen molar-refractivity contribution in [1.82, 2.24) is 10.2 Å². The van der Waals surface area contributed by atoms with Gasteiger partial charge in [-0.1, -0.05) is 13.8 Å². The standard InChI is InChI=1S/C14H28N2O/c1-3-14(4-2)12-16(9-5-8-15-14)13-6-10-17-11-7-13/h13,15H,3-12H2,1-2H3. The van der Waals surface area contributed by atoms with Crippen molar-refractivity contribution in [3.8, 4) is 0 Å². The number of ether oxygens (including phenoxy) is 1. The van der Waals surface area contributed by atoms with Crippen LogP contribution in [0.1, 0.15) is 46.0 Å². The summed E-state index contributed by atoms with van der Waals surface area (Å²) in [7, 11) is 0. The van der Waals surface area contributed by atoms with E-state index < -0.39 is 0 Å². The zero-order valence-electron chi connectivity index (χ0n) is 11.5. The molecule has 0 aromatic heterocycles. The molecule has 0 saturated carbocycles. The van der Waals surface area contributed by atoms with Crippen LogP contribution in [-0.4, -0.2) is 49.3 Å². The zero-order chi connectivity index (χ0) is 12.1. The average molecular weight is 240 g/mol. The van der Waals surface area contributed by atoms with Gasteiger partial charge in [0.2, 0.25) is 0 Å². The fraction of sp³-hybridized carbons (Fsp3) is 1.00. The summed E-state index contributed by atoms with van der Waals surface area (Å²) < 4.78 is 5.48. The monoisotopic (exact) mass is 240 g/mol. The van der Waals surface area contributed by atoms with Crippen LogP contribution in [0.25, 0.3) is 0 Å². The number of hydrogen-bond donors (Lipinski definition) is 1. The van der Waals surface area contributed by atoms with Gasteiger partial charge in [-0.25, -0.2) is 0 Å². The molecule has 2 aliphatic heterocycles. The second-order valence-corrected chi connectivity index (χ2v) is 5.58. The molecular formula is C14H28N2O. The molecule has 0 aromatic rings. The van der Waals surface area contributed by atoms with Gasteiger partial charge in [0.25, 0.3) is 0 Å². The van der Waals surface area contributed by atoms with Crippen LogP contribution < -0.4 is 5.32 Å². The Morgan fingerprint density at radius 1 is 1.24 bits per heavy atom. The first-order chi connectivity index (χ1) is 8.29. The predicted octanol–water partition coefficient (Wildman–Crippen LogP) is 2.02. The molecule has 3 heteroatoms. The fourth-order valence-electron chi connectivity index (χ4n) is 3.24. The number of rotatable bonds is 3. The lowest BCUT2D eigenvalue weighted by Gasteiger charge is -2.40. The highest BCUT2D eigenvalue weighted by Crippen LogP contribution is 2.24. The summed E-state index contributed by atoms with van der Waals surface area (Å²) in [5.74, 6) is 0. The third-order valence-electron chi connectivity index (χ3n) is 4.69. The van der Waals surface area contributed by atoms with Crippen molar-refractivity contribution in [3.05, 3.63) is 0 Å². The Kier molecular flexibility index (Phi) is 4.83. The fourth-order valence-corrected chi connectivity index (χ4v) is 3.24. The van der Waals surface area contributed by atoms with Crippen LogP contribution in [0.5, 0.6) is 0 Å². The Morgan fingerprint density at radius 2 is 1.94 bits per heavy atom. The summed E-state index contributed by atoms with van der Waals surface area (Å²) in [6, 6.07) is 0.765. The van der Waals surface area contributed by atoms with Crippen molar-refractivity contribution in [3.63, 3.8) is 0 Å². The molecule has 2 aliphatic rings. The Hall–Kier alpha value is -0.120. The highest BCUT2D eigenvalue weighted by molar-refractivity contribution is 4.93. The van der Waals surface area contributed by atoms with Gasteiger partial charge in [-0.15, -0.1) is 0 Å². The third-order valence-corrected chi connectivity index (χ3v) is 4.69. The summed E-state index contributed by atoms with van der Waals surface area (Å²) in [6.07, 6.45) is 6.22. The van der Waals surface area contributed by atoms with E-state index >= 15 is 0 Å². The summed E-state index contributed by atoms with van der Waals surface area (Å²) in [5, 5.41) is 3.79. The Morgan fingerprint density at radius 3 is 2.59 bits per heavy atom. The number of hydrogen-bond acceptors (Lipinski definition) is 3. The van der Waals surface area contributed by atoms with Crippen LogP contribution in [0, 0.1) is 0 Å². The lowest BCUT2D eigenvalue weighted by Crippen LogP contribution is -2.53. The topological polar surface area (TPSA) is 24.5 Å². The first-order valence-corrected chi connectivity index (χ1v) is 7.36. The van der Waals surface area contributed by atoms with E-state index in [-0.39, 0.29) is 0 Å². The number of nitrogens with one attached hydrogen (secondary N) is 1. The summed E-state index contributed by atoms with van der Waals surface area (Å²) in [5.41, 5.74) is 0.356. The van der Waals surface area contributed by atoms with Crippen molar-refractivity contribution >= 4 is 0 Å². The minimum Gasteiger partial charge on any atom is -0.381 e. The molecule has 0 amide bonds. The predicted molar refractivity (Wildman–Crippen MR) is 71.3 cm³/mol. The molecule has 2 fully saturated rings. The normalized spacial score (nSPS) is 27.9. The maximum Gasteiger partial charge on any atom is 0.0480 e. The zero-order valence-corrected chi connectivity index (χ0v) is 11.5. The molecule has 2 saturated heterocycles. The van der Waals surface area contributed by atoms with Gasteiger partial charge < -0.3 is 10.1 Å². The van der Waals surface area contributed by atoms with Crippen molar-refractivity contribution in [2.45, 2.75) is 57.5 Å². The first kappa shape index (κ1) is 13.3. The van der Waals surface area contributed by atoms with Crippen LogP contribution in [-0.2, 0) is 4.74 Å². The molecule has 17 heavy (non-hydrogen) atoms. The van der Waals surface area contributed by atoms with Gasteiger partial charge in [-0.05, 0) is 45.2 Å². The Labute approximate surface area is 106 Å². The molecule has 1 N–H and O–H groups in total. The van der Waals surface area contributed by atoms with Crippen LogP contribution >= 0.6 is 0 Å². The highest BCUT2D eigenvalue weighted by Gasteiger charge is 2.33. The summed E-state index contributed by atoms with van der Waals surface area (Å²) in [6.45, 7) is 10.2. The molecule has 0 atom stereocenters. The molecule has 0 spiro atoms. The van der Waals surface area contributed by atoms with Crippen LogP contribution in [0.2, 0.25) is 0 Å². The van der Waals surface area contributed by atoms with Crippen LogP contribution in [0.3, 0.4) is 0 Å². The van der Waals surface area contributed by atoms with E-state index in [2.05, 4.69) is 24.1 Å². The van der Waals surface area contributed by atoms with Crippen molar-refractivity contribution < 1.29 is 4.74 Å². The Balaban J connectivity index is 2.00. The van der Waals surface area contributed by atoms with E-state index in [9.17, 15) is 0 Å². The van der Waals surface area contributed by atoms with E-state index in [1.165, 1.54) is 51.7 Å².